The Morgan fingerprint density at radius 3 is 2.80 bits per heavy atom. The van der Waals surface area contributed by atoms with Gasteiger partial charge in [-0.05, 0) is 30.5 Å². The summed E-state index contributed by atoms with van der Waals surface area (Å²) in [6.07, 6.45) is 1.19. The fourth-order valence-corrected chi connectivity index (χ4v) is 1.52. The molecule has 1 aromatic carbocycles. The average molecular weight is 204 g/mol. The standard InChI is InChI=1S/C12H16N2O/c1-9-8-10(5-6-12(9)15-2)11(14)4-3-7-13/h5-6,8,11H,3-4,14H2,1-2H3. The molecular weight excluding hydrogens is 188 g/mol. The van der Waals surface area contributed by atoms with Gasteiger partial charge in [0, 0.05) is 12.5 Å². The fourth-order valence-electron chi connectivity index (χ4n) is 1.52. The van der Waals surface area contributed by atoms with Crippen molar-refractivity contribution < 1.29 is 4.74 Å². The fraction of sp³-hybridized carbons (Fsp3) is 0.417. The third kappa shape index (κ3) is 2.97. The van der Waals surface area contributed by atoms with Crippen LogP contribution in [0.4, 0.5) is 0 Å². The van der Waals surface area contributed by atoms with Crippen molar-refractivity contribution >= 4 is 0 Å². The van der Waals surface area contributed by atoms with Crippen molar-refractivity contribution in [1.82, 2.24) is 0 Å². The molecule has 0 heterocycles. The monoisotopic (exact) mass is 204 g/mol. The van der Waals surface area contributed by atoms with E-state index in [1.165, 1.54) is 0 Å². The first-order valence-electron chi connectivity index (χ1n) is 4.96. The third-order valence-electron chi connectivity index (χ3n) is 2.41. The lowest BCUT2D eigenvalue weighted by Crippen LogP contribution is -2.10. The lowest BCUT2D eigenvalue weighted by Gasteiger charge is -2.12. The highest BCUT2D eigenvalue weighted by molar-refractivity contribution is 5.37. The molecule has 1 rings (SSSR count). The second-order valence-corrected chi connectivity index (χ2v) is 3.53. The number of ether oxygens (including phenoxy) is 1. The molecule has 0 radical (unpaired) electrons. The zero-order valence-electron chi connectivity index (χ0n) is 9.16. The second-order valence-electron chi connectivity index (χ2n) is 3.53. The van der Waals surface area contributed by atoms with Crippen LogP contribution in [0.5, 0.6) is 5.75 Å². The average Bonchev–Trinajstić information content (AvgIpc) is 2.25. The molecular formula is C12H16N2O. The van der Waals surface area contributed by atoms with Crippen LogP contribution >= 0.6 is 0 Å². The van der Waals surface area contributed by atoms with E-state index in [4.69, 9.17) is 15.7 Å². The van der Waals surface area contributed by atoms with Crippen molar-refractivity contribution in [3.05, 3.63) is 29.3 Å². The largest absolute Gasteiger partial charge is 0.496 e. The van der Waals surface area contributed by atoms with Gasteiger partial charge in [-0.2, -0.15) is 5.26 Å². The molecule has 0 bridgehead atoms. The normalized spacial score (nSPS) is 11.9. The van der Waals surface area contributed by atoms with E-state index >= 15 is 0 Å². The molecule has 2 N–H and O–H groups in total. The van der Waals surface area contributed by atoms with E-state index in [1.54, 1.807) is 7.11 Å². The Balaban J connectivity index is 2.79. The molecule has 0 saturated heterocycles. The van der Waals surface area contributed by atoms with Crippen LogP contribution in [0.1, 0.15) is 30.0 Å². The molecule has 0 fully saturated rings. The maximum absolute atomic E-state index is 8.47. The summed E-state index contributed by atoms with van der Waals surface area (Å²) in [4.78, 5) is 0. The van der Waals surface area contributed by atoms with Gasteiger partial charge in [0.25, 0.3) is 0 Å². The van der Waals surface area contributed by atoms with Crippen LogP contribution in [-0.4, -0.2) is 7.11 Å². The number of methoxy groups -OCH3 is 1. The Kier molecular flexibility index (Phi) is 4.14. The summed E-state index contributed by atoms with van der Waals surface area (Å²) < 4.78 is 5.17. The minimum atomic E-state index is -0.0609. The number of hydrogen-bond acceptors (Lipinski definition) is 3. The highest BCUT2D eigenvalue weighted by Gasteiger charge is 2.07. The van der Waals surface area contributed by atoms with Gasteiger partial charge in [-0.3, -0.25) is 0 Å². The molecule has 3 nitrogen and oxygen atoms in total. The molecule has 0 spiro atoms. The Labute approximate surface area is 90.5 Å². The molecule has 1 atom stereocenters. The number of benzene rings is 1. The molecule has 3 heteroatoms. The Morgan fingerprint density at radius 1 is 1.53 bits per heavy atom. The van der Waals surface area contributed by atoms with Gasteiger partial charge in [-0.15, -0.1) is 0 Å². The molecule has 15 heavy (non-hydrogen) atoms. The molecule has 0 aliphatic carbocycles. The van der Waals surface area contributed by atoms with Crippen LogP contribution < -0.4 is 10.5 Å². The van der Waals surface area contributed by atoms with Gasteiger partial charge in [0.15, 0.2) is 0 Å². The lowest BCUT2D eigenvalue weighted by atomic mass is 10.0. The summed E-state index contributed by atoms with van der Waals surface area (Å²) in [5, 5.41) is 8.47. The van der Waals surface area contributed by atoms with E-state index in [2.05, 4.69) is 6.07 Å². The highest BCUT2D eigenvalue weighted by atomic mass is 16.5. The van der Waals surface area contributed by atoms with E-state index in [1.807, 2.05) is 25.1 Å². The van der Waals surface area contributed by atoms with Gasteiger partial charge >= 0.3 is 0 Å². The van der Waals surface area contributed by atoms with Crippen LogP contribution in [0.3, 0.4) is 0 Å². The van der Waals surface area contributed by atoms with Crippen molar-refractivity contribution in [2.75, 3.05) is 7.11 Å². The van der Waals surface area contributed by atoms with E-state index in [0.717, 1.165) is 16.9 Å². The molecule has 0 saturated carbocycles. The molecule has 1 aromatic rings. The number of nitrogens with zero attached hydrogens (tertiary/aromatic N) is 1. The van der Waals surface area contributed by atoms with Gasteiger partial charge in [0.05, 0.1) is 13.2 Å². The van der Waals surface area contributed by atoms with E-state index < -0.39 is 0 Å². The molecule has 0 aromatic heterocycles. The first-order chi connectivity index (χ1) is 7.19. The molecule has 0 amide bonds. The zero-order valence-corrected chi connectivity index (χ0v) is 9.16. The Morgan fingerprint density at radius 2 is 2.27 bits per heavy atom. The summed E-state index contributed by atoms with van der Waals surface area (Å²) >= 11 is 0. The minimum absolute atomic E-state index is 0.0609. The zero-order chi connectivity index (χ0) is 11.3. The molecule has 80 valence electrons. The second kappa shape index (κ2) is 5.38. The van der Waals surface area contributed by atoms with Crippen LogP contribution in [0, 0.1) is 18.3 Å². The Hall–Kier alpha value is -1.53. The van der Waals surface area contributed by atoms with Crippen LogP contribution in [0.25, 0.3) is 0 Å². The predicted octanol–water partition coefficient (Wildman–Crippen LogP) is 2.31. The van der Waals surface area contributed by atoms with Gasteiger partial charge in [0.2, 0.25) is 0 Å². The number of nitrogens with two attached hydrogens (primary N) is 1. The SMILES string of the molecule is COc1ccc(C(N)CCC#N)cc1C. The van der Waals surface area contributed by atoms with Crippen molar-refractivity contribution in [3.63, 3.8) is 0 Å². The number of nitriles is 1. The summed E-state index contributed by atoms with van der Waals surface area (Å²) in [7, 11) is 1.65. The van der Waals surface area contributed by atoms with E-state index in [0.29, 0.717) is 12.8 Å². The van der Waals surface area contributed by atoms with Crippen LogP contribution in [-0.2, 0) is 0 Å². The van der Waals surface area contributed by atoms with Crippen LogP contribution in [0.2, 0.25) is 0 Å². The van der Waals surface area contributed by atoms with E-state index in [-0.39, 0.29) is 6.04 Å². The van der Waals surface area contributed by atoms with Gasteiger partial charge in [0.1, 0.15) is 5.75 Å². The molecule has 0 aliphatic heterocycles. The van der Waals surface area contributed by atoms with Crippen molar-refractivity contribution in [2.24, 2.45) is 5.73 Å². The predicted molar refractivity (Wildman–Crippen MR) is 59.5 cm³/mol. The summed E-state index contributed by atoms with van der Waals surface area (Å²) in [5.41, 5.74) is 8.08. The molecule has 0 aliphatic rings. The van der Waals surface area contributed by atoms with Crippen molar-refractivity contribution in [2.45, 2.75) is 25.8 Å². The third-order valence-corrected chi connectivity index (χ3v) is 2.41. The maximum atomic E-state index is 8.47. The minimum Gasteiger partial charge on any atom is -0.496 e. The van der Waals surface area contributed by atoms with Crippen molar-refractivity contribution in [3.8, 4) is 11.8 Å². The van der Waals surface area contributed by atoms with Gasteiger partial charge in [-0.25, -0.2) is 0 Å². The topological polar surface area (TPSA) is 59.0 Å². The van der Waals surface area contributed by atoms with Gasteiger partial charge in [-0.1, -0.05) is 12.1 Å². The first kappa shape index (κ1) is 11.5. The number of hydrogen-bond donors (Lipinski definition) is 1. The summed E-state index contributed by atoms with van der Waals surface area (Å²) in [6.45, 7) is 1.99. The maximum Gasteiger partial charge on any atom is 0.121 e. The smallest absolute Gasteiger partial charge is 0.121 e. The highest BCUT2D eigenvalue weighted by Crippen LogP contribution is 2.23. The summed E-state index contributed by atoms with van der Waals surface area (Å²) in [5.74, 6) is 0.867. The Bertz CT molecular complexity index is 368. The summed E-state index contributed by atoms with van der Waals surface area (Å²) in [6, 6.07) is 7.92. The quantitative estimate of drug-likeness (QED) is 0.818. The van der Waals surface area contributed by atoms with Crippen LogP contribution in [0.15, 0.2) is 18.2 Å². The lowest BCUT2D eigenvalue weighted by molar-refractivity contribution is 0.411. The van der Waals surface area contributed by atoms with Gasteiger partial charge < -0.3 is 10.5 Å². The number of rotatable bonds is 4. The van der Waals surface area contributed by atoms with E-state index in [9.17, 15) is 0 Å². The number of aryl methyl sites for hydroxylation is 1. The van der Waals surface area contributed by atoms with Crippen molar-refractivity contribution in [1.29, 1.82) is 5.26 Å². The molecule has 1 unspecified atom stereocenters. The first-order valence-corrected chi connectivity index (χ1v) is 4.96.